The lowest BCUT2D eigenvalue weighted by molar-refractivity contribution is -0.137. The minimum absolute atomic E-state index is 0.141. The zero-order valence-electron chi connectivity index (χ0n) is 13.2. The molecule has 1 aromatic heterocycles. The molecule has 0 saturated carbocycles. The second-order valence-corrected chi connectivity index (χ2v) is 5.43. The summed E-state index contributed by atoms with van der Waals surface area (Å²) in [5, 5.41) is 2.36. The fourth-order valence-electron chi connectivity index (χ4n) is 2.54. The van der Waals surface area contributed by atoms with E-state index in [1.165, 1.54) is 48.8 Å². The van der Waals surface area contributed by atoms with Crippen LogP contribution in [0.2, 0.25) is 0 Å². The molecule has 132 valence electrons. The van der Waals surface area contributed by atoms with Crippen molar-refractivity contribution in [3.05, 3.63) is 83.9 Å². The number of amides is 1. The van der Waals surface area contributed by atoms with Crippen LogP contribution in [0.4, 0.5) is 23.2 Å². The number of aromatic nitrogens is 1. The van der Waals surface area contributed by atoms with E-state index in [0.29, 0.717) is 0 Å². The smallest absolute Gasteiger partial charge is 0.322 e. The van der Waals surface area contributed by atoms with E-state index < -0.39 is 29.0 Å². The third-order valence-electron chi connectivity index (χ3n) is 3.67. The van der Waals surface area contributed by atoms with Gasteiger partial charge in [0.1, 0.15) is 5.82 Å². The van der Waals surface area contributed by atoms with Gasteiger partial charge in [-0.1, -0.05) is 18.2 Å². The van der Waals surface area contributed by atoms with Crippen LogP contribution < -0.4 is 5.32 Å². The molecule has 1 amide bonds. The first-order valence-electron chi connectivity index (χ1n) is 7.54. The maximum absolute atomic E-state index is 13.7. The molecule has 0 unspecified atom stereocenters. The Balaban J connectivity index is 2.06. The van der Waals surface area contributed by atoms with E-state index in [4.69, 9.17) is 0 Å². The molecule has 2 aromatic carbocycles. The molecule has 0 aliphatic heterocycles. The van der Waals surface area contributed by atoms with Gasteiger partial charge < -0.3 is 5.32 Å². The molecule has 0 saturated heterocycles. The molecule has 7 heteroatoms. The average Bonchev–Trinajstić information content (AvgIpc) is 2.63. The number of anilines is 1. The first-order chi connectivity index (χ1) is 12.4. The maximum atomic E-state index is 13.7. The summed E-state index contributed by atoms with van der Waals surface area (Å²) in [6.07, 6.45) is -2.00. The zero-order valence-corrected chi connectivity index (χ0v) is 13.2. The predicted octanol–water partition coefficient (Wildman–Crippen LogP) is 5.16. The molecule has 26 heavy (non-hydrogen) atoms. The molecular weight excluding hydrogens is 348 g/mol. The number of halogens is 4. The van der Waals surface area contributed by atoms with Crippen molar-refractivity contribution in [1.82, 2.24) is 4.98 Å². The van der Waals surface area contributed by atoms with Crippen LogP contribution in [0.5, 0.6) is 0 Å². The van der Waals surface area contributed by atoms with Crippen LogP contribution in [-0.2, 0) is 6.18 Å². The minimum atomic E-state index is -4.75. The molecule has 0 fully saturated rings. The van der Waals surface area contributed by atoms with E-state index in [-0.39, 0.29) is 16.8 Å². The highest BCUT2D eigenvalue weighted by Crippen LogP contribution is 2.39. The van der Waals surface area contributed by atoms with Gasteiger partial charge in [0.05, 0.1) is 11.1 Å². The molecule has 0 radical (unpaired) electrons. The Hall–Kier alpha value is -3.22. The van der Waals surface area contributed by atoms with Gasteiger partial charge in [0.15, 0.2) is 0 Å². The van der Waals surface area contributed by atoms with Crippen LogP contribution in [0.3, 0.4) is 0 Å². The number of pyridine rings is 1. The summed E-state index contributed by atoms with van der Waals surface area (Å²) < 4.78 is 54.0. The molecule has 1 heterocycles. The second-order valence-electron chi connectivity index (χ2n) is 5.43. The van der Waals surface area contributed by atoms with Gasteiger partial charge in [0, 0.05) is 23.6 Å². The lowest BCUT2D eigenvalue weighted by atomic mass is 9.95. The Morgan fingerprint density at radius 3 is 2.31 bits per heavy atom. The fraction of sp³-hybridized carbons (Fsp3) is 0.0526. The van der Waals surface area contributed by atoms with Crippen LogP contribution in [0.25, 0.3) is 11.1 Å². The summed E-state index contributed by atoms with van der Waals surface area (Å²) in [5.41, 5.74) is -1.28. The van der Waals surface area contributed by atoms with Gasteiger partial charge in [-0.15, -0.1) is 0 Å². The van der Waals surface area contributed by atoms with Gasteiger partial charge in [-0.2, -0.15) is 13.2 Å². The second kappa shape index (κ2) is 6.95. The lowest BCUT2D eigenvalue weighted by Crippen LogP contribution is -2.19. The summed E-state index contributed by atoms with van der Waals surface area (Å²) >= 11 is 0. The van der Waals surface area contributed by atoms with E-state index in [2.05, 4.69) is 10.3 Å². The van der Waals surface area contributed by atoms with Crippen molar-refractivity contribution < 1.29 is 22.4 Å². The monoisotopic (exact) mass is 360 g/mol. The highest BCUT2D eigenvalue weighted by atomic mass is 19.4. The first kappa shape index (κ1) is 17.6. The summed E-state index contributed by atoms with van der Waals surface area (Å²) in [6, 6.07) is 11.5. The highest BCUT2D eigenvalue weighted by Gasteiger charge is 2.38. The van der Waals surface area contributed by atoms with Crippen molar-refractivity contribution >= 4 is 11.6 Å². The van der Waals surface area contributed by atoms with Crippen LogP contribution in [-0.4, -0.2) is 10.9 Å². The number of carbonyl (C=O) groups excluding carboxylic acids is 1. The van der Waals surface area contributed by atoms with Crippen molar-refractivity contribution in [1.29, 1.82) is 0 Å². The topological polar surface area (TPSA) is 42.0 Å². The number of benzene rings is 2. The third kappa shape index (κ3) is 3.72. The Bertz CT molecular complexity index is 923. The Labute approximate surface area is 146 Å². The largest absolute Gasteiger partial charge is 0.417 e. The van der Waals surface area contributed by atoms with Crippen molar-refractivity contribution in [2.24, 2.45) is 0 Å². The van der Waals surface area contributed by atoms with Crippen molar-refractivity contribution in [2.75, 3.05) is 5.32 Å². The fourth-order valence-corrected chi connectivity index (χ4v) is 2.54. The minimum Gasteiger partial charge on any atom is -0.322 e. The first-order valence-corrected chi connectivity index (χ1v) is 7.54. The van der Waals surface area contributed by atoms with Crippen LogP contribution in [0.15, 0.2) is 67.0 Å². The molecule has 0 atom stereocenters. The normalized spacial score (nSPS) is 11.2. The molecule has 3 nitrogen and oxygen atoms in total. The van der Waals surface area contributed by atoms with Crippen LogP contribution >= 0.6 is 0 Å². The molecule has 0 bridgehead atoms. The quantitative estimate of drug-likeness (QED) is 0.656. The predicted molar refractivity (Wildman–Crippen MR) is 89.0 cm³/mol. The molecule has 3 rings (SSSR count). The Morgan fingerprint density at radius 2 is 1.69 bits per heavy atom. The van der Waals surface area contributed by atoms with E-state index in [0.717, 1.165) is 18.2 Å². The zero-order chi connectivity index (χ0) is 18.7. The number of hydrogen-bond acceptors (Lipinski definition) is 2. The van der Waals surface area contributed by atoms with Crippen LogP contribution in [0.1, 0.15) is 15.9 Å². The van der Waals surface area contributed by atoms with Gasteiger partial charge in [0.25, 0.3) is 5.91 Å². The summed E-state index contributed by atoms with van der Waals surface area (Å²) in [7, 11) is 0. The number of hydrogen-bond donors (Lipinski definition) is 1. The number of nitrogens with one attached hydrogen (secondary N) is 1. The molecule has 0 aliphatic carbocycles. The molecule has 0 spiro atoms. The third-order valence-corrected chi connectivity index (χ3v) is 3.67. The number of carbonyl (C=O) groups is 1. The molecule has 0 aliphatic rings. The van der Waals surface area contributed by atoms with E-state index in [1.807, 2.05) is 0 Å². The summed E-state index contributed by atoms with van der Waals surface area (Å²) in [5.74, 6) is -1.45. The number of rotatable bonds is 3. The Kier molecular flexibility index (Phi) is 4.71. The lowest BCUT2D eigenvalue weighted by Gasteiger charge is -2.17. The summed E-state index contributed by atoms with van der Waals surface area (Å²) in [6.45, 7) is 0. The van der Waals surface area contributed by atoms with E-state index >= 15 is 0 Å². The van der Waals surface area contributed by atoms with Crippen molar-refractivity contribution in [3.63, 3.8) is 0 Å². The van der Waals surface area contributed by atoms with Crippen molar-refractivity contribution in [3.8, 4) is 11.1 Å². The van der Waals surface area contributed by atoms with Gasteiger partial charge in [-0.25, -0.2) is 4.39 Å². The van der Waals surface area contributed by atoms with Gasteiger partial charge in [-0.05, 0) is 42.0 Å². The van der Waals surface area contributed by atoms with E-state index in [1.54, 1.807) is 0 Å². The highest BCUT2D eigenvalue weighted by molar-refractivity contribution is 6.06. The molecule has 1 N–H and O–H groups in total. The average molecular weight is 360 g/mol. The van der Waals surface area contributed by atoms with Gasteiger partial charge >= 0.3 is 6.18 Å². The van der Waals surface area contributed by atoms with Crippen molar-refractivity contribution in [2.45, 2.75) is 6.18 Å². The SMILES string of the molecule is O=C(Nc1ccc(F)cc1)c1cccc(-c2cccnc2)c1C(F)(F)F. The number of alkyl halides is 3. The summed E-state index contributed by atoms with van der Waals surface area (Å²) in [4.78, 5) is 16.3. The number of nitrogens with zero attached hydrogens (tertiary/aromatic N) is 1. The molecule has 3 aromatic rings. The Morgan fingerprint density at radius 1 is 0.962 bits per heavy atom. The standard InChI is InChI=1S/C19H12F4N2O/c20-13-6-8-14(9-7-13)25-18(26)16-5-1-4-15(17(16)19(21,22)23)12-3-2-10-24-11-12/h1-11H,(H,25,26). The van der Waals surface area contributed by atoms with Crippen LogP contribution in [0, 0.1) is 5.82 Å². The maximum Gasteiger partial charge on any atom is 0.417 e. The van der Waals surface area contributed by atoms with E-state index in [9.17, 15) is 22.4 Å². The van der Waals surface area contributed by atoms with Gasteiger partial charge in [-0.3, -0.25) is 9.78 Å². The molecular formula is C19H12F4N2O. The van der Waals surface area contributed by atoms with Gasteiger partial charge in [0.2, 0.25) is 0 Å².